The summed E-state index contributed by atoms with van der Waals surface area (Å²) in [5.41, 5.74) is 0.967. The highest BCUT2D eigenvalue weighted by molar-refractivity contribution is 7.90. The molecule has 3 aromatic rings. The van der Waals surface area contributed by atoms with Gasteiger partial charge in [0.15, 0.2) is 9.84 Å². The Kier molecular flexibility index (Phi) is 3.08. The van der Waals surface area contributed by atoms with Gasteiger partial charge in [-0.05, 0) is 45.8 Å². The number of tetrazole rings is 1. The fourth-order valence-corrected chi connectivity index (χ4v) is 2.62. The standard InChI is InChI=1S/C14H12N4O3S/c1-22(20,21)13-7-5-10(6-8-13)11-3-2-4-12(9-11)18-14(19)15-16-17-18/h2-9H,1H3,(H,15,17,19)/i9D. The molecule has 1 aromatic heterocycles. The van der Waals surface area contributed by atoms with Gasteiger partial charge in [-0.25, -0.2) is 18.3 Å². The van der Waals surface area contributed by atoms with Crippen LogP contribution in [0, 0.1) is 0 Å². The molecular weight excluding hydrogens is 304 g/mol. The number of nitrogens with one attached hydrogen (secondary N) is 1. The Bertz CT molecular complexity index is 1020. The van der Waals surface area contributed by atoms with E-state index in [2.05, 4.69) is 15.5 Å². The average molecular weight is 317 g/mol. The molecule has 7 nitrogen and oxygen atoms in total. The number of aromatic nitrogens is 4. The largest absolute Gasteiger partial charge is 0.365 e. The lowest BCUT2D eigenvalue weighted by Crippen LogP contribution is -2.15. The van der Waals surface area contributed by atoms with Gasteiger partial charge in [-0.3, -0.25) is 0 Å². The predicted octanol–water partition coefficient (Wildman–Crippen LogP) is 1.03. The molecule has 1 heterocycles. The van der Waals surface area contributed by atoms with E-state index in [1.165, 1.54) is 12.1 Å². The first-order valence-electron chi connectivity index (χ1n) is 6.79. The van der Waals surface area contributed by atoms with E-state index in [0.717, 1.165) is 10.9 Å². The van der Waals surface area contributed by atoms with Crippen molar-refractivity contribution in [3.05, 3.63) is 59.0 Å². The Labute approximate surface area is 127 Å². The molecule has 0 atom stereocenters. The zero-order valence-electron chi connectivity index (χ0n) is 12.5. The summed E-state index contributed by atoms with van der Waals surface area (Å²) in [4.78, 5) is 11.8. The van der Waals surface area contributed by atoms with Crippen molar-refractivity contribution < 1.29 is 9.79 Å². The lowest BCUT2D eigenvalue weighted by molar-refractivity contribution is 0.602. The summed E-state index contributed by atoms with van der Waals surface area (Å²) >= 11 is 0. The Morgan fingerprint density at radius 2 is 1.86 bits per heavy atom. The SMILES string of the molecule is [2H]c1c(-c2ccc(S(C)(=O)=O)cc2)cccc1-n1nn[nH]c1=O. The Morgan fingerprint density at radius 1 is 1.14 bits per heavy atom. The molecule has 3 rings (SSSR count). The first-order chi connectivity index (χ1) is 10.9. The number of nitrogens with zero attached hydrogens (tertiary/aromatic N) is 3. The maximum atomic E-state index is 11.6. The van der Waals surface area contributed by atoms with Gasteiger partial charge in [0.25, 0.3) is 0 Å². The summed E-state index contributed by atoms with van der Waals surface area (Å²) in [7, 11) is -3.28. The third kappa shape index (κ3) is 2.68. The number of benzene rings is 2. The molecule has 0 amide bonds. The van der Waals surface area contributed by atoms with Gasteiger partial charge in [0.1, 0.15) is 0 Å². The van der Waals surface area contributed by atoms with E-state index in [1.54, 1.807) is 30.3 Å². The topological polar surface area (TPSA) is 97.7 Å². The summed E-state index contributed by atoms with van der Waals surface area (Å²) < 4.78 is 32.3. The third-order valence-electron chi connectivity index (χ3n) is 3.07. The number of sulfone groups is 1. The van der Waals surface area contributed by atoms with Gasteiger partial charge in [-0.1, -0.05) is 24.3 Å². The van der Waals surface area contributed by atoms with Gasteiger partial charge in [-0.15, -0.1) is 0 Å². The molecule has 0 aliphatic rings. The van der Waals surface area contributed by atoms with Crippen molar-refractivity contribution in [2.24, 2.45) is 0 Å². The van der Waals surface area contributed by atoms with E-state index in [0.29, 0.717) is 11.1 Å². The van der Waals surface area contributed by atoms with E-state index in [9.17, 15) is 13.2 Å². The Balaban J connectivity index is 2.11. The van der Waals surface area contributed by atoms with Crippen molar-refractivity contribution in [2.75, 3.05) is 6.26 Å². The van der Waals surface area contributed by atoms with Crippen LogP contribution in [0.15, 0.2) is 58.2 Å². The normalized spacial score (nSPS) is 12.1. The van der Waals surface area contributed by atoms with Crippen LogP contribution in [0.25, 0.3) is 16.8 Å². The maximum absolute atomic E-state index is 11.6. The average Bonchev–Trinajstić information content (AvgIpc) is 2.93. The van der Waals surface area contributed by atoms with Gasteiger partial charge < -0.3 is 0 Å². The fraction of sp³-hybridized carbons (Fsp3) is 0.0714. The molecule has 1 N–H and O–H groups in total. The summed E-state index contributed by atoms with van der Waals surface area (Å²) in [5, 5.41) is 9.21. The molecule has 0 aliphatic heterocycles. The first kappa shape index (κ1) is 13.0. The molecule has 0 saturated carbocycles. The van der Waals surface area contributed by atoms with Crippen LogP contribution >= 0.6 is 0 Å². The zero-order valence-corrected chi connectivity index (χ0v) is 12.3. The van der Waals surface area contributed by atoms with Crippen LogP contribution in [0.3, 0.4) is 0 Å². The summed E-state index contributed by atoms with van der Waals surface area (Å²) in [5.74, 6) is 0. The van der Waals surface area contributed by atoms with Crippen LogP contribution in [0.4, 0.5) is 0 Å². The van der Waals surface area contributed by atoms with Gasteiger partial charge >= 0.3 is 5.69 Å². The van der Waals surface area contributed by atoms with Crippen molar-refractivity contribution in [3.8, 4) is 16.8 Å². The molecule has 112 valence electrons. The van der Waals surface area contributed by atoms with Crippen molar-refractivity contribution in [2.45, 2.75) is 4.90 Å². The molecule has 0 radical (unpaired) electrons. The predicted molar refractivity (Wildman–Crippen MR) is 80.5 cm³/mol. The quantitative estimate of drug-likeness (QED) is 0.778. The maximum Gasteiger partial charge on any atom is 0.365 e. The minimum Gasteiger partial charge on any atom is -0.244 e. The second-order valence-corrected chi connectivity index (χ2v) is 6.68. The molecular formula is C14H12N4O3S. The van der Waals surface area contributed by atoms with Crippen molar-refractivity contribution in [1.82, 2.24) is 20.2 Å². The van der Waals surface area contributed by atoms with Gasteiger partial charge in [0.05, 0.1) is 12.0 Å². The van der Waals surface area contributed by atoms with Crippen LogP contribution < -0.4 is 5.69 Å². The lowest BCUT2D eigenvalue weighted by atomic mass is 10.1. The van der Waals surface area contributed by atoms with Crippen LogP contribution in [0.5, 0.6) is 0 Å². The van der Waals surface area contributed by atoms with Crippen LogP contribution in [-0.4, -0.2) is 34.9 Å². The van der Waals surface area contributed by atoms with Crippen molar-refractivity contribution in [3.63, 3.8) is 0 Å². The Hall–Kier alpha value is -2.74. The lowest BCUT2D eigenvalue weighted by Gasteiger charge is -2.05. The van der Waals surface area contributed by atoms with E-state index in [1.807, 2.05) is 0 Å². The van der Waals surface area contributed by atoms with Crippen molar-refractivity contribution >= 4 is 9.84 Å². The van der Waals surface area contributed by atoms with Crippen LogP contribution in [0.2, 0.25) is 0 Å². The molecule has 0 aliphatic carbocycles. The molecule has 0 unspecified atom stereocenters. The molecule has 8 heteroatoms. The molecule has 0 fully saturated rings. The molecule has 22 heavy (non-hydrogen) atoms. The van der Waals surface area contributed by atoms with E-state index >= 15 is 0 Å². The summed E-state index contributed by atoms with van der Waals surface area (Å²) in [6.07, 6.45) is 1.13. The minimum absolute atomic E-state index is 0.0932. The van der Waals surface area contributed by atoms with Gasteiger partial charge in [-0.2, -0.15) is 4.68 Å². The van der Waals surface area contributed by atoms with Crippen LogP contribution in [0.1, 0.15) is 1.37 Å². The molecule has 0 spiro atoms. The second-order valence-electron chi connectivity index (χ2n) is 4.66. The zero-order chi connectivity index (χ0) is 16.6. The first-order valence-corrected chi connectivity index (χ1v) is 8.18. The molecule has 2 aromatic carbocycles. The second kappa shape index (κ2) is 5.23. The van der Waals surface area contributed by atoms with Crippen molar-refractivity contribution in [1.29, 1.82) is 0 Å². The number of aromatic amines is 1. The van der Waals surface area contributed by atoms with Gasteiger partial charge in [0, 0.05) is 6.26 Å². The number of hydrogen-bond donors (Lipinski definition) is 1. The number of hydrogen-bond acceptors (Lipinski definition) is 5. The van der Waals surface area contributed by atoms with E-state index in [4.69, 9.17) is 1.37 Å². The smallest absolute Gasteiger partial charge is 0.244 e. The minimum atomic E-state index is -3.28. The number of H-pyrrole nitrogens is 1. The fourth-order valence-electron chi connectivity index (χ4n) is 1.99. The summed E-state index contributed by atoms with van der Waals surface area (Å²) in [6, 6.07) is 11.3. The van der Waals surface area contributed by atoms with E-state index in [-0.39, 0.29) is 16.6 Å². The van der Waals surface area contributed by atoms with Gasteiger partial charge in [0.2, 0.25) is 0 Å². The highest BCUT2D eigenvalue weighted by Crippen LogP contribution is 2.23. The Morgan fingerprint density at radius 3 is 2.45 bits per heavy atom. The highest BCUT2D eigenvalue weighted by Gasteiger charge is 2.08. The monoisotopic (exact) mass is 317 g/mol. The van der Waals surface area contributed by atoms with Crippen LogP contribution in [-0.2, 0) is 9.84 Å². The molecule has 0 bridgehead atoms. The summed E-state index contributed by atoms with van der Waals surface area (Å²) in [6.45, 7) is 0. The highest BCUT2D eigenvalue weighted by atomic mass is 32.2. The van der Waals surface area contributed by atoms with E-state index < -0.39 is 15.5 Å². The molecule has 0 saturated heterocycles. The third-order valence-corrected chi connectivity index (χ3v) is 4.20. The number of rotatable bonds is 3.